The van der Waals surface area contributed by atoms with Crippen molar-refractivity contribution >= 4 is 11.6 Å². The van der Waals surface area contributed by atoms with Crippen molar-refractivity contribution in [2.45, 2.75) is 26.3 Å². The van der Waals surface area contributed by atoms with Gasteiger partial charge in [-0.05, 0) is 18.8 Å². The summed E-state index contributed by atoms with van der Waals surface area (Å²) in [5, 5.41) is 6.85. The maximum absolute atomic E-state index is 10.7. The number of nitrogens with zero attached hydrogens (tertiary/aromatic N) is 2. The molecule has 4 heteroatoms. The van der Waals surface area contributed by atoms with Crippen LogP contribution < -0.4 is 5.32 Å². The summed E-state index contributed by atoms with van der Waals surface area (Å²) in [5.74, 6) is 0.760. The Kier molecular flexibility index (Phi) is 2.04. The quantitative estimate of drug-likeness (QED) is 0.759. The van der Waals surface area contributed by atoms with E-state index in [0.29, 0.717) is 0 Å². The molecule has 1 amide bonds. The van der Waals surface area contributed by atoms with E-state index in [1.807, 2.05) is 10.9 Å². The summed E-state index contributed by atoms with van der Waals surface area (Å²) in [6.07, 6.45) is 6.19. The molecule has 2 rings (SSSR count). The van der Waals surface area contributed by atoms with Crippen LogP contribution in [0.5, 0.6) is 0 Å². The number of amides is 1. The molecule has 1 saturated carbocycles. The standard InChI is InChI=1S/C9H13N3O/c1-7(13)11-9-4-10-12(6-9)5-8-2-3-8/h4,6,8H,2-3,5H2,1H3,(H,11,13). The Morgan fingerprint density at radius 2 is 2.54 bits per heavy atom. The Morgan fingerprint density at radius 3 is 3.15 bits per heavy atom. The monoisotopic (exact) mass is 179 g/mol. The van der Waals surface area contributed by atoms with Crippen LogP contribution in [0.2, 0.25) is 0 Å². The molecule has 1 aliphatic rings. The number of nitrogens with one attached hydrogen (secondary N) is 1. The molecule has 0 bridgehead atoms. The van der Waals surface area contributed by atoms with E-state index < -0.39 is 0 Å². The molecule has 4 nitrogen and oxygen atoms in total. The van der Waals surface area contributed by atoms with Crippen molar-refractivity contribution in [2.75, 3.05) is 5.32 Å². The lowest BCUT2D eigenvalue weighted by atomic mass is 10.4. The lowest BCUT2D eigenvalue weighted by Crippen LogP contribution is -2.05. The predicted molar refractivity (Wildman–Crippen MR) is 49.3 cm³/mol. The van der Waals surface area contributed by atoms with E-state index in [2.05, 4.69) is 10.4 Å². The normalized spacial score (nSPS) is 15.8. The molecule has 0 atom stereocenters. The van der Waals surface area contributed by atoms with Gasteiger partial charge in [-0.2, -0.15) is 5.10 Å². The topological polar surface area (TPSA) is 46.9 Å². The summed E-state index contributed by atoms with van der Waals surface area (Å²) in [4.78, 5) is 10.7. The Morgan fingerprint density at radius 1 is 1.77 bits per heavy atom. The summed E-state index contributed by atoms with van der Waals surface area (Å²) < 4.78 is 1.89. The van der Waals surface area contributed by atoms with Crippen molar-refractivity contribution in [2.24, 2.45) is 5.92 Å². The first-order chi connectivity index (χ1) is 6.24. The molecule has 70 valence electrons. The Hall–Kier alpha value is -1.32. The molecule has 0 saturated heterocycles. The summed E-state index contributed by atoms with van der Waals surface area (Å²) in [7, 11) is 0. The molecule has 1 aliphatic carbocycles. The van der Waals surface area contributed by atoms with E-state index in [4.69, 9.17) is 0 Å². The number of hydrogen-bond acceptors (Lipinski definition) is 2. The zero-order valence-corrected chi connectivity index (χ0v) is 7.66. The van der Waals surface area contributed by atoms with Gasteiger partial charge in [0.25, 0.3) is 0 Å². The highest BCUT2D eigenvalue weighted by atomic mass is 16.1. The minimum absolute atomic E-state index is 0.0500. The van der Waals surface area contributed by atoms with Gasteiger partial charge in [0.2, 0.25) is 5.91 Å². The van der Waals surface area contributed by atoms with Crippen molar-refractivity contribution in [3.63, 3.8) is 0 Å². The van der Waals surface area contributed by atoms with Crippen LogP contribution in [0.25, 0.3) is 0 Å². The van der Waals surface area contributed by atoms with E-state index in [9.17, 15) is 4.79 Å². The molecule has 1 heterocycles. The maximum Gasteiger partial charge on any atom is 0.221 e. The second-order valence-corrected chi connectivity index (χ2v) is 3.58. The van der Waals surface area contributed by atoms with Gasteiger partial charge in [-0.15, -0.1) is 0 Å². The van der Waals surface area contributed by atoms with E-state index in [1.54, 1.807) is 6.20 Å². The Balaban J connectivity index is 1.95. The number of carbonyl (C=O) groups is 1. The van der Waals surface area contributed by atoms with Crippen LogP contribution in [0.4, 0.5) is 5.69 Å². The van der Waals surface area contributed by atoms with E-state index in [0.717, 1.165) is 18.2 Å². The number of hydrogen-bond donors (Lipinski definition) is 1. The average Bonchev–Trinajstić information content (AvgIpc) is 2.73. The predicted octanol–water partition coefficient (Wildman–Crippen LogP) is 1.25. The van der Waals surface area contributed by atoms with Gasteiger partial charge in [0.1, 0.15) is 0 Å². The smallest absolute Gasteiger partial charge is 0.221 e. The summed E-state index contributed by atoms with van der Waals surface area (Å²) in [6.45, 7) is 2.48. The molecule has 0 unspecified atom stereocenters. The molecule has 1 aromatic rings. The second-order valence-electron chi connectivity index (χ2n) is 3.58. The van der Waals surface area contributed by atoms with Gasteiger partial charge in [0.05, 0.1) is 11.9 Å². The Bertz CT molecular complexity index is 314. The highest BCUT2D eigenvalue weighted by Gasteiger charge is 2.21. The van der Waals surface area contributed by atoms with Crippen molar-refractivity contribution < 1.29 is 4.79 Å². The van der Waals surface area contributed by atoms with Gasteiger partial charge in [-0.3, -0.25) is 9.48 Å². The first kappa shape index (κ1) is 8.29. The molecule has 13 heavy (non-hydrogen) atoms. The minimum atomic E-state index is -0.0500. The lowest BCUT2D eigenvalue weighted by Gasteiger charge is -1.97. The first-order valence-corrected chi connectivity index (χ1v) is 4.54. The van der Waals surface area contributed by atoms with Crippen LogP contribution in [0.3, 0.4) is 0 Å². The third-order valence-electron chi connectivity index (χ3n) is 2.10. The molecule has 0 aliphatic heterocycles. The second kappa shape index (κ2) is 3.20. The average molecular weight is 179 g/mol. The number of rotatable bonds is 3. The third-order valence-corrected chi connectivity index (χ3v) is 2.10. The van der Waals surface area contributed by atoms with E-state index >= 15 is 0 Å². The highest BCUT2D eigenvalue weighted by molar-refractivity contribution is 5.88. The van der Waals surface area contributed by atoms with Crippen molar-refractivity contribution in [1.82, 2.24) is 9.78 Å². The number of carbonyl (C=O) groups excluding carboxylic acids is 1. The molecule has 1 N–H and O–H groups in total. The van der Waals surface area contributed by atoms with Gasteiger partial charge in [-0.1, -0.05) is 0 Å². The van der Waals surface area contributed by atoms with Crippen LogP contribution in [-0.2, 0) is 11.3 Å². The summed E-state index contributed by atoms with van der Waals surface area (Å²) in [6, 6.07) is 0. The highest BCUT2D eigenvalue weighted by Crippen LogP contribution is 2.30. The van der Waals surface area contributed by atoms with Crippen LogP contribution in [-0.4, -0.2) is 15.7 Å². The van der Waals surface area contributed by atoms with Crippen LogP contribution in [0.1, 0.15) is 19.8 Å². The lowest BCUT2D eigenvalue weighted by molar-refractivity contribution is -0.114. The van der Waals surface area contributed by atoms with Crippen molar-refractivity contribution in [3.05, 3.63) is 12.4 Å². The van der Waals surface area contributed by atoms with Gasteiger partial charge in [0, 0.05) is 19.7 Å². The fourth-order valence-electron chi connectivity index (χ4n) is 1.30. The molecule has 1 aromatic heterocycles. The SMILES string of the molecule is CC(=O)Nc1cnn(CC2CC2)c1. The molecule has 0 spiro atoms. The Labute approximate surface area is 76.9 Å². The molecule has 0 radical (unpaired) electrons. The molecular weight excluding hydrogens is 166 g/mol. The summed E-state index contributed by atoms with van der Waals surface area (Å²) >= 11 is 0. The third kappa shape index (κ3) is 2.31. The molecule has 1 fully saturated rings. The molecule has 0 aromatic carbocycles. The van der Waals surface area contributed by atoms with Crippen LogP contribution in [0, 0.1) is 5.92 Å². The van der Waals surface area contributed by atoms with E-state index in [-0.39, 0.29) is 5.91 Å². The first-order valence-electron chi connectivity index (χ1n) is 4.54. The van der Waals surface area contributed by atoms with Crippen LogP contribution >= 0.6 is 0 Å². The van der Waals surface area contributed by atoms with Gasteiger partial charge >= 0.3 is 0 Å². The summed E-state index contributed by atoms with van der Waals surface area (Å²) in [5.41, 5.74) is 0.785. The zero-order valence-electron chi connectivity index (χ0n) is 7.66. The largest absolute Gasteiger partial charge is 0.324 e. The van der Waals surface area contributed by atoms with Gasteiger partial charge in [-0.25, -0.2) is 0 Å². The zero-order chi connectivity index (χ0) is 9.26. The number of aromatic nitrogens is 2. The van der Waals surface area contributed by atoms with Gasteiger partial charge < -0.3 is 5.32 Å². The van der Waals surface area contributed by atoms with Crippen molar-refractivity contribution in [1.29, 1.82) is 0 Å². The van der Waals surface area contributed by atoms with Gasteiger partial charge in [0.15, 0.2) is 0 Å². The molecular formula is C9H13N3O. The maximum atomic E-state index is 10.7. The van der Waals surface area contributed by atoms with Crippen molar-refractivity contribution in [3.8, 4) is 0 Å². The van der Waals surface area contributed by atoms with E-state index in [1.165, 1.54) is 19.8 Å². The van der Waals surface area contributed by atoms with Crippen LogP contribution in [0.15, 0.2) is 12.4 Å². The fourth-order valence-corrected chi connectivity index (χ4v) is 1.30. The number of anilines is 1. The minimum Gasteiger partial charge on any atom is -0.324 e. The fraction of sp³-hybridized carbons (Fsp3) is 0.556.